The average Bonchev–Trinajstić information content (AvgIpc) is 2.24. The fourth-order valence-electron chi connectivity index (χ4n) is 1.58. The van der Waals surface area contributed by atoms with Crippen LogP contribution < -0.4 is 10.8 Å². The number of allylic oxidation sites excluding steroid dienone is 2. The molecule has 0 aliphatic rings. The maximum absolute atomic E-state index is 5.47. The van der Waals surface area contributed by atoms with Crippen LogP contribution in [0.5, 0.6) is 0 Å². The molecule has 0 amide bonds. The monoisotopic (exact) mass is 242 g/mol. The molecule has 0 heterocycles. The summed E-state index contributed by atoms with van der Waals surface area (Å²) < 4.78 is 0. The fraction of sp³-hybridized carbons (Fsp3) is 0.692. The normalized spacial score (nSPS) is 14.4. The zero-order valence-electron chi connectivity index (χ0n) is 10.8. The van der Waals surface area contributed by atoms with Gasteiger partial charge < -0.3 is 5.73 Å². The van der Waals surface area contributed by atoms with Crippen LogP contribution in [0.3, 0.4) is 0 Å². The third-order valence-electron chi connectivity index (χ3n) is 2.67. The van der Waals surface area contributed by atoms with Crippen molar-refractivity contribution in [2.75, 3.05) is 25.9 Å². The number of rotatable bonds is 10. The Morgan fingerprint density at radius 2 is 2.25 bits per heavy atom. The number of nitrogens with two attached hydrogens (primary N) is 1. The molecule has 0 radical (unpaired) electrons. The van der Waals surface area contributed by atoms with Gasteiger partial charge in [-0.1, -0.05) is 18.2 Å². The molecule has 0 spiro atoms. The van der Waals surface area contributed by atoms with Crippen LogP contribution in [-0.4, -0.2) is 25.9 Å². The highest BCUT2D eigenvalue weighted by atomic mass is 31.1. The van der Waals surface area contributed by atoms with E-state index in [1.54, 1.807) is 0 Å². The molecule has 0 aromatic carbocycles. The van der Waals surface area contributed by atoms with Crippen LogP contribution in [0.15, 0.2) is 24.8 Å². The maximum atomic E-state index is 5.47. The minimum absolute atomic E-state index is 0.0812. The van der Waals surface area contributed by atoms with Gasteiger partial charge in [0.25, 0.3) is 0 Å². The van der Waals surface area contributed by atoms with Crippen molar-refractivity contribution in [3.63, 3.8) is 0 Å². The first-order chi connectivity index (χ1) is 7.61. The van der Waals surface area contributed by atoms with Crippen LogP contribution in [0.1, 0.15) is 26.2 Å². The van der Waals surface area contributed by atoms with Crippen LogP contribution in [0.25, 0.3) is 0 Å². The van der Waals surface area contributed by atoms with Gasteiger partial charge in [0, 0.05) is 6.54 Å². The molecule has 0 aromatic heterocycles. The van der Waals surface area contributed by atoms with Crippen molar-refractivity contribution >= 4 is 8.07 Å². The first kappa shape index (κ1) is 15.8. The second-order valence-corrected chi connectivity index (χ2v) is 6.42. The van der Waals surface area contributed by atoms with Gasteiger partial charge in [-0.15, -0.1) is 6.58 Å². The largest absolute Gasteiger partial charge is 0.330 e. The second-order valence-electron chi connectivity index (χ2n) is 4.34. The molecule has 0 saturated carbocycles. The van der Waals surface area contributed by atoms with E-state index in [4.69, 9.17) is 5.73 Å². The van der Waals surface area contributed by atoms with E-state index in [2.05, 4.69) is 31.8 Å². The van der Waals surface area contributed by atoms with Gasteiger partial charge in [0.05, 0.1) is 0 Å². The Morgan fingerprint density at radius 1 is 1.56 bits per heavy atom. The van der Waals surface area contributed by atoms with Crippen LogP contribution in [0.4, 0.5) is 0 Å². The SMILES string of the molecule is C=CCCC(CP(C)NCCCN)C(=C)C. The molecule has 0 rings (SSSR count). The Morgan fingerprint density at radius 3 is 2.75 bits per heavy atom. The molecule has 0 aromatic rings. The minimum atomic E-state index is -0.0812. The lowest BCUT2D eigenvalue weighted by atomic mass is 9.99. The molecule has 16 heavy (non-hydrogen) atoms. The van der Waals surface area contributed by atoms with E-state index < -0.39 is 0 Å². The van der Waals surface area contributed by atoms with E-state index in [0.717, 1.165) is 25.9 Å². The Kier molecular flexibility index (Phi) is 9.91. The van der Waals surface area contributed by atoms with Gasteiger partial charge in [0.1, 0.15) is 0 Å². The predicted molar refractivity (Wildman–Crippen MR) is 77.1 cm³/mol. The van der Waals surface area contributed by atoms with E-state index in [0.29, 0.717) is 5.92 Å². The molecule has 3 N–H and O–H groups in total. The van der Waals surface area contributed by atoms with Gasteiger partial charge in [0.15, 0.2) is 0 Å². The molecule has 0 bridgehead atoms. The third kappa shape index (κ3) is 8.04. The summed E-state index contributed by atoms with van der Waals surface area (Å²) in [4.78, 5) is 0. The first-order valence-corrected chi connectivity index (χ1v) is 8.00. The standard InChI is InChI=1S/C13H27N2P/c1-5-6-8-13(12(2)3)11-16(4)15-10-7-9-14/h5,13,15H,1-2,6-11,14H2,3-4H3. The van der Waals surface area contributed by atoms with Crippen LogP contribution in [0, 0.1) is 5.92 Å². The zero-order valence-corrected chi connectivity index (χ0v) is 11.7. The van der Waals surface area contributed by atoms with Crippen molar-refractivity contribution in [2.24, 2.45) is 11.7 Å². The summed E-state index contributed by atoms with van der Waals surface area (Å²) in [6.45, 7) is 14.1. The van der Waals surface area contributed by atoms with Gasteiger partial charge in [-0.2, -0.15) is 0 Å². The second kappa shape index (κ2) is 10.0. The topological polar surface area (TPSA) is 38.0 Å². The van der Waals surface area contributed by atoms with Crippen LogP contribution in [0.2, 0.25) is 0 Å². The molecule has 2 unspecified atom stereocenters. The number of nitrogens with one attached hydrogen (secondary N) is 1. The summed E-state index contributed by atoms with van der Waals surface area (Å²) in [5.41, 5.74) is 6.77. The van der Waals surface area contributed by atoms with Crippen molar-refractivity contribution in [1.82, 2.24) is 5.09 Å². The summed E-state index contributed by atoms with van der Waals surface area (Å²) in [5, 5.41) is 3.56. The Bertz CT molecular complexity index is 204. The van der Waals surface area contributed by atoms with Gasteiger partial charge in [-0.25, -0.2) is 0 Å². The molecule has 2 nitrogen and oxygen atoms in total. The van der Waals surface area contributed by atoms with E-state index in [9.17, 15) is 0 Å². The van der Waals surface area contributed by atoms with E-state index in [1.807, 2.05) is 6.08 Å². The predicted octanol–water partition coefficient (Wildman–Crippen LogP) is 3.11. The smallest absolute Gasteiger partial charge is 0.000198 e. The minimum Gasteiger partial charge on any atom is -0.330 e. The maximum Gasteiger partial charge on any atom is 0.000198 e. The van der Waals surface area contributed by atoms with Crippen molar-refractivity contribution < 1.29 is 0 Å². The van der Waals surface area contributed by atoms with Gasteiger partial charge in [-0.05, 0) is 59.5 Å². The quantitative estimate of drug-likeness (QED) is 0.351. The van der Waals surface area contributed by atoms with Crippen LogP contribution >= 0.6 is 8.07 Å². The van der Waals surface area contributed by atoms with Gasteiger partial charge >= 0.3 is 0 Å². The molecular formula is C13H27N2P. The average molecular weight is 242 g/mol. The zero-order chi connectivity index (χ0) is 12.4. The van der Waals surface area contributed by atoms with Crippen molar-refractivity contribution in [2.45, 2.75) is 26.2 Å². The molecule has 0 saturated heterocycles. The third-order valence-corrected chi connectivity index (χ3v) is 4.42. The number of hydrogen-bond acceptors (Lipinski definition) is 2. The molecule has 0 fully saturated rings. The van der Waals surface area contributed by atoms with Crippen LogP contribution in [-0.2, 0) is 0 Å². The molecule has 0 aliphatic heterocycles. The molecule has 0 aliphatic carbocycles. The molecule has 3 heteroatoms. The summed E-state index contributed by atoms with van der Waals surface area (Å²) in [7, 11) is -0.0812. The highest BCUT2D eigenvalue weighted by molar-refractivity contribution is 7.54. The first-order valence-electron chi connectivity index (χ1n) is 6.02. The summed E-state index contributed by atoms with van der Waals surface area (Å²) >= 11 is 0. The van der Waals surface area contributed by atoms with E-state index in [-0.39, 0.29) is 8.07 Å². The molecule has 94 valence electrons. The van der Waals surface area contributed by atoms with Crippen molar-refractivity contribution in [1.29, 1.82) is 0 Å². The van der Waals surface area contributed by atoms with Gasteiger partial charge in [-0.3, -0.25) is 5.09 Å². The lowest BCUT2D eigenvalue weighted by Gasteiger charge is -2.22. The fourth-order valence-corrected chi connectivity index (χ4v) is 3.40. The summed E-state index contributed by atoms with van der Waals surface area (Å²) in [5.74, 6) is 0.638. The van der Waals surface area contributed by atoms with Crippen molar-refractivity contribution in [3.05, 3.63) is 24.8 Å². The van der Waals surface area contributed by atoms with E-state index >= 15 is 0 Å². The lowest BCUT2D eigenvalue weighted by Crippen LogP contribution is -2.17. The molecule has 2 atom stereocenters. The lowest BCUT2D eigenvalue weighted by molar-refractivity contribution is 0.627. The highest BCUT2D eigenvalue weighted by Crippen LogP contribution is 2.32. The summed E-state index contributed by atoms with van der Waals surface area (Å²) in [6, 6.07) is 0. The number of hydrogen-bond donors (Lipinski definition) is 2. The Balaban J connectivity index is 3.87. The summed E-state index contributed by atoms with van der Waals surface area (Å²) in [6.07, 6.45) is 6.56. The Labute approximate surface area is 102 Å². The molecular weight excluding hydrogens is 215 g/mol. The Hall–Kier alpha value is -0.170. The van der Waals surface area contributed by atoms with Crippen molar-refractivity contribution in [3.8, 4) is 0 Å². The highest BCUT2D eigenvalue weighted by Gasteiger charge is 2.12. The van der Waals surface area contributed by atoms with Gasteiger partial charge in [0.2, 0.25) is 0 Å². The van der Waals surface area contributed by atoms with E-state index in [1.165, 1.54) is 18.2 Å².